The Morgan fingerprint density at radius 3 is 1.92 bits per heavy atom. The van der Waals surface area contributed by atoms with Crippen LogP contribution in [0.15, 0.2) is 0 Å². The summed E-state index contributed by atoms with van der Waals surface area (Å²) in [5, 5.41) is 8.98. The van der Waals surface area contributed by atoms with Gasteiger partial charge in [0.25, 0.3) is 0 Å². The van der Waals surface area contributed by atoms with E-state index in [0.717, 1.165) is 0 Å². The molecule has 0 aliphatic heterocycles. The van der Waals surface area contributed by atoms with Gasteiger partial charge in [-0.05, 0) is 13.3 Å². The molecule has 0 saturated heterocycles. The monoisotopic (exact) mass is 210 g/mol. The van der Waals surface area contributed by atoms with Crippen LogP contribution in [0.3, 0.4) is 0 Å². The first kappa shape index (κ1) is 13.0. The van der Waals surface area contributed by atoms with Crippen molar-refractivity contribution in [3.63, 3.8) is 0 Å². The normalized spacial score (nSPS) is 14.5. The molecule has 0 aromatic heterocycles. The molecular formula is C7H18O5Si. The second-order valence-electron chi connectivity index (χ2n) is 2.60. The summed E-state index contributed by atoms with van der Waals surface area (Å²) < 4.78 is 20.3. The summed E-state index contributed by atoms with van der Waals surface area (Å²) >= 11 is 0. The molecule has 0 aromatic rings. The van der Waals surface area contributed by atoms with E-state index in [-0.39, 0.29) is 0 Å². The van der Waals surface area contributed by atoms with Crippen LogP contribution in [0.25, 0.3) is 0 Å². The molecule has 1 unspecified atom stereocenters. The van der Waals surface area contributed by atoms with Crippen molar-refractivity contribution in [1.82, 2.24) is 0 Å². The van der Waals surface area contributed by atoms with Crippen molar-refractivity contribution in [1.29, 1.82) is 0 Å². The van der Waals surface area contributed by atoms with Gasteiger partial charge in [-0.25, -0.2) is 0 Å². The number of aliphatic hydroxyl groups excluding tert-OH is 1. The van der Waals surface area contributed by atoms with Gasteiger partial charge in [0.2, 0.25) is 0 Å². The smallest absolute Gasteiger partial charge is 0.393 e. The van der Waals surface area contributed by atoms with E-state index in [2.05, 4.69) is 0 Å². The first-order valence-electron chi connectivity index (χ1n) is 4.07. The van der Waals surface area contributed by atoms with Gasteiger partial charge in [0.1, 0.15) is 0 Å². The minimum atomic E-state index is -2.90. The van der Waals surface area contributed by atoms with Crippen molar-refractivity contribution in [2.24, 2.45) is 0 Å². The van der Waals surface area contributed by atoms with Crippen molar-refractivity contribution in [3.05, 3.63) is 0 Å². The van der Waals surface area contributed by atoms with E-state index >= 15 is 0 Å². The second kappa shape index (κ2) is 6.47. The van der Waals surface area contributed by atoms with Crippen LogP contribution >= 0.6 is 0 Å². The topological polar surface area (TPSA) is 57.2 Å². The second-order valence-corrected chi connectivity index (χ2v) is 5.11. The van der Waals surface area contributed by atoms with E-state index in [9.17, 15) is 0 Å². The van der Waals surface area contributed by atoms with Crippen LogP contribution in [0.1, 0.15) is 13.3 Å². The Bertz CT molecular complexity index is 118. The van der Waals surface area contributed by atoms with E-state index < -0.39 is 15.2 Å². The maximum Gasteiger partial charge on any atom is 0.678 e. The van der Waals surface area contributed by atoms with Crippen molar-refractivity contribution < 1.29 is 22.8 Å². The highest BCUT2D eigenvalue weighted by molar-refractivity contribution is 6.53. The third-order valence-electron chi connectivity index (χ3n) is 1.56. The van der Waals surface area contributed by atoms with Gasteiger partial charge in [-0.1, -0.05) is 0 Å². The van der Waals surface area contributed by atoms with E-state index in [4.69, 9.17) is 22.8 Å². The first-order chi connectivity index (χ1) is 6.10. The van der Waals surface area contributed by atoms with Crippen molar-refractivity contribution in [2.75, 3.05) is 27.9 Å². The molecular weight excluding hydrogens is 192 g/mol. The van der Waals surface area contributed by atoms with Gasteiger partial charge in [0, 0.05) is 27.9 Å². The molecule has 0 rings (SSSR count). The fourth-order valence-corrected chi connectivity index (χ4v) is 2.00. The van der Waals surface area contributed by atoms with Crippen molar-refractivity contribution in [2.45, 2.75) is 19.4 Å². The van der Waals surface area contributed by atoms with Crippen molar-refractivity contribution >= 4 is 9.05 Å². The molecule has 0 fully saturated rings. The third kappa shape index (κ3) is 4.70. The lowest BCUT2D eigenvalue weighted by molar-refractivity contribution is -0.000668. The minimum absolute atomic E-state index is 0.361. The van der Waals surface area contributed by atoms with Crippen LogP contribution in [0.2, 0.25) is 0 Å². The van der Waals surface area contributed by atoms with Crippen LogP contribution in [0, 0.1) is 0 Å². The maximum absolute atomic E-state index is 8.98. The Hall–Kier alpha value is 0.0169. The fourth-order valence-electron chi connectivity index (χ4n) is 0.781. The minimum Gasteiger partial charge on any atom is -0.393 e. The van der Waals surface area contributed by atoms with Crippen LogP contribution in [-0.2, 0) is 17.7 Å². The van der Waals surface area contributed by atoms with Crippen LogP contribution < -0.4 is 0 Å². The Labute approximate surface area is 80.1 Å². The standard InChI is InChI=1S/C7H18O5Si/c1-7(8)5-6-12-13(9-2,10-3)11-4/h7-8H,5-6H2,1-4H3. The first-order valence-corrected chi connectivity index (χ1v) is 5.71. The zero-order valence-electron chi connectivity index (χ0n) is 8.57. The average molecular weight is 210 g/mol. The van der Waals surface area contributed by atoms with Crippen LogP contribution in [0.5, 0.6) is 0 Å². The lowest BCUT2D eigenvalue weighted by Gasteiger charge is -2.23. The lowest BCUT2D eigenvalue weighted by Crippen LogP contribution is -2.46. The summed E-state index contributed by atoms with van der Waals surface area (Å²) in [5.41, 5.74) is 0. The quantitative estimate of drug-likeness (QED) is 0.606. The molecule has 0 radical (unpaired) electrons. The highest BCUT2D eigenvalue weighted by atomic mass is 28.4. The lowest BCUT2D eigenvalue weighted by atomic mass is 10.3. The predicted molar refractivity (Wildman–Crippen MR) is 49.0 cm³/mol. The molecule has 0 amide bonds. The Balaban J connectivity index is 3.81. The van der Waals surface area contributed by atoms with Gasteiger partial charge in [-0.2, -0.15) is 0 Å². The Morgan fingerprint density at radius 2 is 1.62 bits per heavy atom. The average Bonchev–Trinajstić information content (AvgIpc) is 2.13. The van der Waals surface area contributed by atoms with Gasteiger partial charge < -0.3 is 22.8 Å². The van der Waals surface area contributed by atoms with E-state index in [1.54, 1.807) is 6.92 Å². The molecule has 5 nitrogen and oxygen atoms in total. The number of rotatable bonds is 7. The van der Waals surface area contributed by atoms with Gasteiger partial charge in [0.05, 0.1) is 6.10 Å². The third-order valence-corrected chi connectivity index (χ3v) is 3.62. The zero-order chi connectivity index (χ0) is 10.3. The van der Waals surface area contributed by atoms with Crippen LogP contribution in [-0.4, -0.2) is 48.2 Å². The van der Waals surface area contributed by atoms with Crippen molar-refractivity contribution in [3.8, 4) is 0 Å². The fraction of sp³-hybridized carbons (Fsp3) is 1.00. The molecule has 1 N–H and O–H groups in total. The number of hydrogen-bond acceptors (Lipinski definition) is 5. The summed E-state index contributed by atoms with van der Waals surface area (Å²) in [7, 11) is 1.53. The van der Waals surface area contributed by atoms with Gasteiger partial charge in [-0.15, -0.1) is 0 Å². The zero-order valence-corrected chi connectivity index (χ0v) is 9.57. The predicted octanol–water partition coefficient (Wildman–Crippen LogP) is 0.149. The summed E-state index contributed by atoms with van der Waals surface area (Å²) in [6.07, 6.45) is 0.141. The van der Waals surface area contributed by atoms with E-state index in [1.807, 2.05) is 0 Å². The molecule has 6 heteroatoms. The summed E-state index contributed by atoms with van der Waals surface area (Å²) in [6, 6.07) is 0. The molecule has 13 heavy (non-hydrogen) atoms. The highest BCUT2D eigenvalue weighted by Crippen LogP contribution is 2.08. The Morgan fingerprint density at radius 1 is 1.15 bits per heavy atom. The number of hydrogen-bond donors (Lipinski definition) is 1. The maximum atomic E-state index is 8.98. The van der Waals surface area contributed by atoms with E-state index in [0.29, 0.717) is 13.0 Å². The highest BCUT2D eigenvalue weighted by Gasteiger charge is 2.41. The molecule has 80 valence electrons. The summed E-state index contributed by atoms with van der Waals surface area (Å²) in [4.78, 5) is 0. The molecule has 0 saturated carbocycles. The molecule has 0 aliphatic rings. The molecule has 1 atom stereocenters. The van der Waals surface area contributed by atoms with Crippen LogP contribution in [0.4, 0.5) is 0 Å². The van der Waals surface area contributed by atoms with E-state index in [1.165, 1.54) is 21.3 Å². The molecule has 0 aromatic carbocycles. The molecule has 0 heterocycles. The summed E-state index contributed by atoms with van der Waals surface area (Å²) in [5.74, 6) is 0. The number of aliphatic hydroxyl groups is 1. The largest absolute Gasteiger partial charge is 0.678 e. The Kier molecular flexibility index (Phi) is 6.48. The van der Waals surface area contributed by atoms with Gasteiger partial charge >= 0.3 is 9.05 Å². The molecule has 0 aliphatic carbocycles. The van der Waals surface area contributed by atoms with Gasteiger partial charge in [-0.3, -0.25) is 0 Å². The summed E-state index contributed by atoms with van der Waals surface area (Å²) in [6.45, 7) is 2.05. The molecule has 0 bridgehead atoms. The SMILES string of the molecule is CO[Si](OC)(OC)OCCC(C)O. The van der Waals surface area contributed by atoms with Gasteiger partial charge in [0.15, 0.2) is 0 Å². The molecule has 0 spiro atoms.